The molecule has 15 heteroatoms. The van der Waals surface area contributed by atoms with Crippen molar-refractivity contribution in [2.45, 2.75) is 70.1 Å². The number of carboxylic acid groups (broad SMARTS) is 1. The molecule has 0 spiro atoms. The molecular formula is C31H42F3N7O5. The number of carbonyl (C=O) groups is 3. The van der Waals surface area contributed by atoms with Crippen LogP contribution in [-0.4, -0.2) is 96.9 Å². The molecule has 1 saturated heterocycles. The number of hydrogen-bond acceptors (Lipinski definition) is 9. The maximum Gasteiger partial charge on any atom is 0.490 e. The van der Waals surface area contributed by atoms with E-state index in [1.165, 1.54) is 19.3 Å². The standard InChI is InChI=1S/C29H41N7O3.C2HF3O2/c1-19-18-36(22-8-6-5-7-9-22)26-24(35(3)28(19)38)17-30-29(33-26)32-23-11-10-20(16-25(23)39-4)27(37)31-21-12-14-34(2)15-13-21;3-2(4,5)1(6)7/h10-11,16-17,19,21-22H,5-9,12-15,18H2,1-4H3,(H,31,37)(H,30,32,33);(H,6,7). The Labute approximate surface area is 266 Å². The molecule has 3 N–H and O–H groups in total. The van der Waals surface area contributed by atoms with Gasteiger partial charge in [0.05, 0.1) is 24.9 Å². The zero-order valence-electron chi connectivity index (χ0n) is 26.6. The number of benzene rings is 1. The first-order valence-electron chi connectivity index (χ1n) is 15.4. The molecule has 1 aromatic heterocycles. The van der Waals surface area contributed by atoms with Gasteiger partial charge in [0.15, 0.2) is 5.82 Å². The summed E-state index contributed by atoms with van der Waals surface area (Å²) >= 11 is 0. The van der Waals surface area contributed by atoms with E-state index >= 15 is 0 Å². The number of carbonyl (C=O) groups excluding carboxylic acids is 2. The van der Waals surface area contributed by atoms with Crippen molar-refractivity contribution >= 4 is 40.9 Å². The fourth-order valence-electron chi connectivity index (χ4n) is 5.98. The first-order chi connectivity index (χ1) is 21.8. The highest BCUT2D eigenvalue weighted by atomic mass is 19.4. The number of nitrogens with zero attached hydrogens (tertiary/aromatic N) is 5. The van der Waals surface area contributed by atoms with Crippen LogP contribution in [0.3, 0.4) is 0 Å². The third-order valence-electron chi connectivity index (χ3n) is 8.63. The Balaban J connectivity index is 0.000000617. The third kappa shape index (κ3) is 8.56. The molecule has 0 bridgehead atoms. The van der Waals surface area contributed by atoms with Crippen molar-refractivity contribution in [2.24, 2.45) is 5.92 Å². The van der Waals surface area contributed by atoms with Crippen molar-refractivity contribution in [1.29, 1.82) is 0 Å². The fourth-order valence-corrected chi connectivity index (χ4v) is 5.98. The minimum absolute atomic E-state index is 0.0784. The lowest BCUT2D eigenvalue weighted by atomic mass is 9.93. The summed E-state index contributed by atoms with van der Waals surface area (Å²) in [6.45, 7) is 4.60. The van der Waals surface area contributed by atoms with E-state index in [0.717, 1.165) is 50.3 Å². The van der Waals surface area contributed by atoms with E-state index < -0.39 is 12.1 Å². The van der Waals surface area contributed by atoms with Crippen LogP contribution in [0.5, 0.6) is 5.75 Å². The van der Waals surface area contributed by atoms with Gasteiger partial charge in [-0.15, -0.1) is 0 Å². The number of methoxy groups -OCH3 is 1. The molecule has 252 valence electrons. The second-order valence-corrected chi connectivity index (χ2v) is 12.0. The molecule has 3 aliphatic rings. The number of hydrogen-bond donors (Lipinski definition) is 3. The number of fused-ring (bicyclic) bond motifs is 1. The van der Waals surface area contributed by atoms with E-state index in [2.05, 4.69) is 32.5 Å². The first-order valence-corrected chi connectivity index (χ1v) is 15.4. The van der Waals surface area contributed by atoms with E-state index in [9.17, 15) is 22.8 Å². The maximum atomic E-state index is 13.0. The van der Waals surface area contributed by atoms with Gasteiger partial charge in [0.1, 0.15) is 11.4 Å². The molecule has 2 aliphatic heterocycles. The average molecular weight is 650 g/mol. The molecule has 2 amide bonds. The van der Waals surface area contributed by atoms with Gasteiger partial charge in [0, 0.05) is 31.2 Å². The van der Waals surface area contributed by atoms with Crippen molar-refractivity contribution in [3.8, 4) is 5.75 Å². The van der Waals surface area contributed by atoms with Gasteiger partial charge in [-0.1, -0.05) is 26.2 Å². The summed E-state index contributed by atoms with van der Waals surface area (Å²) < 4.78 is 37.4. The number of ether oxygens (including phenoxy) is 1. The zero-order valence-corrected chi connectivity index (χ0v) is 26.6. The second-order valence-electron chi connectivity index (χ2n) is 12.0. The molecule has 5 rings (SSSR count). The van der Waals surface area contributed by atoms with Crippen molar-refractivity contribution in [2.75, 3.05) is 56.0 Å². The van der Waals surface area contributed by atoms with Crippen LogP contribution in [-0.2, 0) is 9.59 Å². The predicted octanol–water partition coefficient (Wildman–Crippen LogP) is 4.44. The number of aromatic nitrogens is 2. The quantitative estimate of drug-likeness (QED) is 0.412. The SMILES string of the molecule is COc1cc(C(=O)NC2CCN(C)CC2)ccc1Nc1ncc2c(n1)N(C1CCCCC1)CC(C)C(=O)N2C.O=C(O)C(F)(F)F. The maximum absolute atomic E-state index is 13.0. The lowest BCUT2D eigenvalue weighted by Crippen LogP contribution is -2.43. The Bertz CT molecular complexity index is 1400. The fraction of sp³-hybridized carbons (Fsp3) is 0.581. The van der Waals surface area contributed by atoms with E-state index in [1.807, 2.05) is 13.0 Å². The Hall–Kier alpha value is -4.14. The van der Waals surface area contributed by atoms with Crippen LogP contribution in [0.25, 0.3) is 0 Å². The normalized spacial score (nSPS) is 19.8. The molecule has 1 saturated carbocycles. The zero-order chi connectivity index (χ0) is 33.6. The largest absolute Gasteiger partial charge is 0.495 e. The highest BCUT2D eigenvalue weighted by molar-refractivity contribution is 5.99. The molecule has 1 atom stereocenters. The smallest absolute Gasteiger partial charge is 0.490 e. The summed E-state index contributed by atoms with van der Waals surface area (Å²) in [4.78, 5) is 50.6. The Morgan fingerprint density at radius 2 is 1.72 bits per heavy atom. The molecule has 3 heterocycles. The van der Waals surface area contributed by atoms with Crippen LogP contribution >= 0.6 is 0 Å². The van der Waals surface area contributed by atoms with Crippen molar-refractivity contribution in [3.63, 3.8) is 0 Å². The van der Waals surface area contributed by atoms with Gasteiger partial charge in [-0.3, -0.25) is 9.59 Å². The molecule has 0 radical (unpaired) electrons. The van der Waals surface area contributed by atoms with Gasteiger partial charge in [-0.05, 0) is 64.0 Å². The molecule has 46 heavy (non-hydrogen) atoms. The molecule has 1 unspecified atom stereocenters. The molecule has 12 nitrogen and oxygen atoms in total. The predicted molar refractivity (Wildman–Crippen MR) is 167 cm³/mol. The number of halogens is 3. The number of anilines is 4. The van der Waals surface area contributed by atoms with Gasteiger partial charge >= 0.3 is 12.1 Å². The minimum atomic E-state index is -5.08. The second kappa shape index (κ2) is 15.0. The number of rotatable bonds is 6. The summed E-state index contributed by atoms with van der Waals surface area (Å²) in [6, 6.07) is 5.91. The third-order valence-corrected chi connectivity index (χ3v) is 8.63. The van der Waals surface area contributed by atoms with Gasteiger partial charge in [-0.25, -0.2) is 9.78 Å². The Morgan fingerprint density at radius 3 is 2.33 bits per heavy atom. The number of carboxylic acids is 1. The van der Waals surface area contributed by atoms with Gasteiger partial charge in [0.25, 0.3) is 5.91 Å². The number of likely N-dealkylation sites (tertiary alicyclic amines) is 1. The number of piperidine rings is 1. The van der Waals surface area contributed by atoms with Crippen LogP contribution in [0.4, 0.5) is 36.3 Å². The lowest BCUT2D eigenvalue weighted by Gasteiger charge is -2.35. The molecular weight excluding hydrogens is 607 g/mol. The van der Waals surface area contributed by atoms with Crippen LogP contribution in [0.15, 0.2) is 24.4 Å². The summed E-state index contributed by atoms with van der Waals surface area (Å²) in [5.74, 6) is -1.16. The van der Waals surface area contributed by atoms with E-state index in [1.54, 1.807) is 37.4 Å². The lowest BCUT2D eigenvalue weighted by molar-refractivity contribution is -0.192. The molecule has 2 aromatic rings. The van der Waals surface area contributed by atoms with Crippen LogP contribution in [0, 0.1) is 5.92 Å². The summed E-state index contributed by atoms with van der Waals surface area (Å²) in [5, 5.41) is 13.6. The molecule has 2 fully saturated rings. The Kier molecular flexibility index (Phi) is 11.3. The first kappa shape index (κ1) is 34.7. The molecule has 1 aliphatic carbocycles. The van der Waals surface area contributed by atoms with Crippen molar-refractivity contribution < 1.29 is 37.4 Å². The van der Waals surface area contributed by atoms with Gasteiger partial charge in [-0.2, -0.15) is 18.2 Å². The molecule has 1 aromatic carbocycles. The summed E-state index contributed by atoms with van der Waals surface area (Å²) in [7, 11) is 5.50. The summed E-state index contributed by atoms with van der Waals surface area (Å²) in [5.41, 5.74) is 1.95. The average Bonchev–Trinajstić information content (AvgIpc) is 3.12. The van der Waals surface area contributed by atoms with Crippen molar-refractivity contribution in [1.82, 2.24) is 20.2 Å². The van der Waals surface area contributed by atoms with Crippen LogP contribution < -0.4 is 25.2 Å². The van der Waals surface area contributed by atoms with Gasteiger partial charge < -0.3 is 35.2 Å². The number of alkyl halides is 3. The van der Waals surface area contributed by atoms with E-state index in [0.29, 0.717) is 35.5 Å². The van der Waals surface area contributed by atoms with E-state index in [-0.39, 0.29) is 23.8 Å². The van der Waals surface area contributed by atoms with Crippen LogP contribution in [0.1, 0.15) is 62.2 Å². The van der Waals surface area contributed by atoms with E-state index in [4.69, 9.17) is 19.6 Å². The van der Waals surface area contributed by atoms with Crippen molar-refractivity contribution in [3.05, 3.63) is 30.0 Å². The van der Waals surface area contributed by atoms with Gasteiger partial charge in [0.2, 0.25) is 11.9 Å². The number of nitrogens with one attached hydrogen (secondary N) is 2. The Morgan fingerprint density at radius 1 is 1.07 bits per heavy atom. The minimum Gasteiger partial charge on any atom is -0.495 e. The number of amides is 2. The summed E-state index contributed by atoms with van der Waals surface area (Å²) in [6.07, 6.45) is 4.40. The number of aliphatic carboxylic acids is 1. The monoisotopic (exact) mass is 649 g/mol. The highest BCUT2D eigenvalue weighted by Gasteiger charge is 2.38. The highest BCUT2D eigenvalue weighted by Crippen LogP contribution is 2.37. The topological polar surface area (TPSA) is 140 Å². The van der Waals surface area contributed by atoms with Crippen LogP contribution in [0.2, 0.25) is 0 Å².